The Kier molecular flexibility index (Phi) is 2.63. The maximum atomic E-state index is 12.8. The Morgan fingerprint density at radius 1 is 1.11 bits per heavy atom. The lowest BCUT2D eigenvalue weighted by atomic mass is 10.3. The molecule has 1 N–H and O–H groups in total. The lowest BCUT2D eigenvalue weighted by Crippen LogP contribution is -2.25. The van der Waals surface area contributed by atoms with E-state index in [1.54, 1.807) is 6.07 Å². The van der Waals surface area contributed by atoms with Crippen molar-refractivity contribution >= 4 is 23.1 Å². The first-order valence-electron chi connectivity index (χ1n) is 5.16. The quantitative estimate of drug-likeness (QED) is 0.859. The summed E-state index contributed by atoms with van der Waals surface area (Å²) in [4.78, 5) is 7.66. The van der Waals surface area contributed by atoms with Gasteiger partial charge in [0.05, 0.1) is 0 Å². The summed E-state index contributed by atoms with van der Waals surface area (Å²) < 4.78 is 34.3. The molecule has 3 rings (SSSR count). The van der Waals surface area contributed by atoms with E-state index in [9.17, 15) is 8.78 Å². The summed E-state index contributed by atoms with van der Waals surface area (Å²) in [5.41, 5.74) is 0.509. The van der Waals surface area contributed by atoms with Gasteiger partial charge in [-0.1, -0.05) is 11.6 Å². The zero-order chi connectivity index (χ0) is 13.5. The average Bonchev–Trinajstić information content (AvgIpc) is 2.62. The van der Waals surface area contributed by atoms with Crippen molar-refractivity contribution in [1.82, 2.24) is 9.97 Å². The molecule has 1 aromatic heterocycles. The zero-order valence-electron chi connectivity index (χ0n) is 9.23. The van der Waals surface area contributed by atoms with Crippen molar-refractivity contribution in [1.29, 1.82) is 0 Å². The minimum Gasteiger partial charge on any atom is -0.395 e. The molecule has 0 unspecified atom stereocenters. The van der Waals surface area contributed by atoms with Crippen molar-refractivity contribution < 1.29 is 18.3 Å². The van der Waals surface area contributed by atoms with Gasteiger partial charge in [0.2, 0.25) is 0 Å². The van der Waals surface area contributed by atoms with Crippen LogP contribution in [0.2, 0.25) is 5.15 Å². The van der Waals surface area contributed by atoms with Crippen molar-refractivity contribution in [3.8, 4) is 11.5 Å². The molecule has 2 aromatic rings. The van der Waals surface area contributed by atoms with Crippen molar-refractivity contribution in [3.63, 3.8) is 0 Å². The molecule has 0 bridgehead atoms. The molecule has 0 fully saturated rings. The molecule has 0 amide bonds. The Labute approximate surface area is 111 Å². The van der Waals surface area contributed by atoms with Crippen molar-refractivity contribution in [3.05, 3.63) is 35.7 Å². The smallest absolute Gasteiger partial charge is 0.395 e. The number of hydrogen-bond acceptors (Lipinski definition) is 5. The van der Waals surface area contributed by atoms with Crippen LogP contribution in [0.1, 0.15) is 0 Å². The fraction of sp³-hybridized carbons (Fsp3) is 0.0909. The van der Waals surface area contributed by atoms with Gasteiger partial charge in [-0.15, -0.1) is 8.78 Å². The highest BCUT2D eigenvalue weighted by Crippen LogP contribution is 2.42. The van der Waals surface area contributed by atoms with Crippen molar-refractivity contribution in [2.45, 2.75) is 6.29 Å². The summed E-state index contributed by atoms with van der Waals surface area (Å²) in [6.07, 6.45) is -2.34. The van der Waals surface area contributed by atoms with E-state index in [-0.39, 0.29) is 16.7 Å². The Bertz CT molecular complexity index is 639. The Hall–Kier alpha value is -2.15. The molecule has 8 heteroatoms. The molecular weight excluding hydrogens is 280 g/mol. The molecule has 1 aliphatic heterocycles. The Morgan fingerprint density at radius 3 is 2.68 bits per heavy atom. The molecular formula is C11H6ClF2N3O2. The summed E-state index contributed by atoms with van der Waals surface area (Å²) in [7, 11) is 0. The molecule has 0 saturated carbocycles. The predicted octanol–water partition coefficient (Wildman–Crippen LogP) is 3.20. The summed E-state index contributed by atoms with van der Waals surface area (Å²) in [6, 6.07) is 5.81. The summed E-state index contributed by atoms with van der Waals surface area (Å²) in [5.74, 6) is 0.372. The van der Waals surface area contributed by atoms with Gasteiger partial charge in [0.25, 0.3) is 0 Å². The Morgan fingerprint density at radius 2 is 1.89 bits per heavy atom. The second-order valence-corrected chi connectivity index (χ2v) is 4.07. The van der Waals surface area contributed by atoms with Crippen LogP contribution < -0.4 is 14.8 Å². The van der Waals surface area contributed by atoms with Gasteiger partial charge in [-0.3, -0.25) is 0 Å². The standard InChI is InChI=1S/C11H6ClF2N3O2/c12-9-4-10(16-5-15-9)17-6-1-2-7-8(3-6)19-11(13,14)18-7/h1-5H,(H,15,16,17). The van der Waals surface area contributed by atoms with Gasteiger partial charge in [-0.05, 0) is 12.1 Å². The summed E-state index contributed by atoms with van der Waals surface area (Å²) in [5, 5.41) is 3.15. The third-order valence-corrected chi connectivity index (χ3v) is 2.51. The minimum absolute atomic E-state index is 0.0173. The lowest BCUT2D eigenvalue weighted by Gasteiger charge is -2.06. The van der Waals surface area contributed by atoms with Crippen LogP contribution in [0.3, 0.4) is 0 Å². The van der Waals surface area contributed by atoms with Gasteiger partial charge < -0.3 is 14.8 Å². The number of alkyl halides is 2. The van der Waals surface area contributed by atoms with E-state index in [1.807, 2.05) is 0 Å². The van der Waals surface area contributed by atoms with Gasteiger partial charge in [-0.25, -0.2) is 9.97 Å². The molecule has 1 aromatic carbocycles. The van der Waals surface area contributed by atoms with Gasteiger partial charge >= 0.3 is 6.29 Å². The first kappa shape index (κ1) is 11.9. The van der Waals surface area contributed by atoms with Crippen LogP contribution in [-0.4, -0.2) is 16.3 Å². The largest absolute Gasteiger partial charge is 0.586 e. The van der Waals surface area contributed by atoms with Gasteiger partial charge in [0.15, 0.2) is 11.5 Å². The van der Waals surface area contributed by atoms with E-state index in [4.69, 9.17) is 11.6 Å². The van der Waals surface area contributed by atoms with E-state index >= 15 is 0 Å². The Balaban J connectivity index is 1.85. The SMILES string of the molecule is FC1(F)Oc2ccc(Nc3cc(Cl)ncn3)cc2O1. The predicted molar refractivity (Wildman–Crippen MR) is 63.0 cm³/mol. The molecule has 5 nitrogen and oxygen atoms in total. The highest BCUT2D eigenvalue weighted by Gasteiger charge is 2.43. The average molecular weight is 286 g/mol. The maximum absolute atomic E-state index is 12.8. The lowest BCUT2D eigenvalue weighted by molar-refractivity contribution is -0.286. The third-order valence-electron chi connectivity index (χ3n) is 2.31. The fourth-order valence-electron chi connectivity index (χ4n) is 1.58. The number of halogens is 3. The second kappa shape index (κ2) is 4.20. The second-order valence-electron chi connectivity index (χ2n) is 3.68. The molecule has 2 heterocycles. The van der Waals surface area contributed by atoms with Crippen LogP contribution in [0.4, 0.5) is 20.3 Å². The number of ether oxygens (including phenoxy) is 2. The molecule has 0 spiro atoms. The van der Waals surface area contributed by atoms with Crippen molar-refractivity contribution in [2.24, 2.45) is 0 Å². The molecule has 0 saturated heterocycles. The highest BCUT2D eigenvalue weighted by molar-refractivity contribution is 6.29. The number of rotatable bonds is 2. The van der Waals surface area contributed by atoms with Crippen molar-refractivity contribution in [2.75, 3.05) is 5.32 Å². The highest BCUT2D eigenvalue weighted by atomic mass is 35.5. The van der Waals surface area contributed by atoms with E-state index < -0.39 is 6.29 Å². The first-order valence-corrected chi connectivity index (χ1v) is 5.54. The van der Waals surface area contributed by atoms with E-state index in [0.29, 0.717) is 11.5 Å². The van der Waals surface area contributed by atoms with Crippen LogP contribution in [0.5, 0.6) is 11.5 Å². The minimum atomic E-state index is -3.63. The summed E-state index contributed by atoms with van der Waals surface area (Å²) >= 11 is 5.71. The number of fused-ring (bicyclic) bond motifs is 1. The van der Waals surface area contributed by atoms with Crippen LogP contribution >= 0.6 is 11.6 Å². The fourth-order valence-corrected chi connectivity index (χ4v) is 1.72. The number of hydrogen-bond donors (Lipinski definition) is 1. The molecule has 0 atom stereocenters. The molecule has 0 radical (unpaired) electrons. The molecule has 98 valence electrons. The zero-order valence-corrected chi connectivity index (χ0v) is 9.99. The van der Waals surface area contributed by atoms with Gasteiger partial charge in [0, 0.05) is 17.8 Å². The molecule has 1 aliphatic rings. The van der Waals surface area contributed by atoms with Crippen LogP contribution in [0.15, 0.2) is 30.6 Å². The number of nitrogens with one attached hydrogen (secondary N) is 1. The number of benzene rings is 1. The summed E-state index contributed by atoms with van der Waals surface area (Å²) in [6.45, 7) is 0. The van der Waals surface area contributed by atoms with E-state index in [0.717, 1.165) is 0 Å². The van der Waals surface area contributed by atoms with Crippen LogP contribution in [0.25, 0.3) is 0 Å². The van der Waals surface area contributed by atoms with E-state index in [2.05, 4.69) is 24.8 Å². The molecule has 19 heavy (non-hydrogen) atoms. The number of aromatic nitrogens is 2. The van der Waals surface area contributed by atoms with E-state index in [1.165, 1.54) is 24.5 Å². The first-order chi connectivity index (χ1) is 9.02. The number of anilines is 2. The van der Waals surface area contributed by atoms with Gasteiger partial charge in [0.1, 0.15) is 17.3 Å². The third kappa shape index (κ3) is 2.50. The normalized spacial score (nSPS) is 15.3. The number of nitrogens with zero attached hydrogens (tertiary/aromatic N) is 2. The van der Waals surface area contributed by atoms with Crippen LogP contribution in [0, 0.1) is 0 Å². The monoisotopic (exact) mass is 285 g/mol. The van der Waals surface area contributed by atoms with Gasteiger partial charge in [-0.2, -0.15) is 0 Å². The maximum Gasteiger partial charge on any atom is 0.586 e. The molecule has 0 aliphatic carbocycles. The topological polar surface area (TPSA) is 56.3 Å². The van der Waals surface area contributed by atoms with Crippen LogP contribution in [-0.2, 0) is 0 Å².